The van der Waals surface area contributed by atoms with E-state index >= 15 is 0 Å². The zero-order chi connectivity index (χ0) is 7.94. The van der Waals surface area contributed by atoms with Crippen LogP contribution in [-0.4, -0.2) is 0 Å². The molecule has 0 bridgehead atoms. The van der Waals surface area contributed by atoms with Crippen molar-refractivity contribution in [2.75, 3.05) is 0 Å². The SMILES string of the molecule is C#CCC[CH]c1ccccc1. The largest absolute Gasteiger partial charge is 0.120 e. The van der Waals surface area contributed by atoms with Gasteiger partial charge in [0.25, 0.3) is 0 Å². The van der Waals surface area contributed by atoms with Crippen LogP contribution in [0, 0.1) is 18.8 Å². The number of rotatable bonds is 3. The Bertz CT molecular complexity index is 228. The zero-order valence-electron chi connectivity index (χ0n) is 6.46. The summed E-state index contributed by atoms with van der Waals surface area (Å²) in [5, 5.41) is 0. The summed E-state index contributed by atoms with van der Waals surface area (Å²) < 4.78 is 0. The molecule has 0 aliphatic carbocycles. The van der Waals surface area contributed by atoms with Crippen LogP contribution in [0.2, 0.25) is 0 Å². The molecule has 1 rings (SSSR count). The summed E-state index contributed by atoms with van der Waals surface area (Å²) in [7, 11) is 0. The fourth-order valence-corrected chi connectivity index (χ4v) is 0.911. The van der Waals surface area contributed by atoms with Crippen LogP contribution in [0.5, 0.6) is 0 Å². The van der Waals surface area contributed by atoms with Crippen LogP contribution in [-0.2, 0) is 0 Å². The molecule has 0 aromatic heterocycles. The second kappa shape index (κ2) is 4.57. The maximum atomic E-state index is 5.12. The monoisotopic (exact) mass is 143 g/mol. The average molecular weight is 143 g/mol. The van der Waals surface area contributed by atoms with Crippen LogP contribution in [0.4, 0.5) is 0 Å². The molecule has 0 saturated carbocycles. The second-order valence-corrected chi connectivity index (χ2v) is 2.36. The maximum absolute atomic E-state index is 5.12. The molecule has 0 aliphatic heterocycles. The lowest BCUT2D eigenvalue weighted by Gasteiger charge is -1.95. The van der Waals surface area contributed by atoms with Crippen molar-refractivity contribution < 1.29 is 0 Å². The standard InChI is InChI=1S/C11H11/c1-2-3-5-8-11-9-6-4-7-10-11/h1,4,6-10H,3,5H2. The summed E-state index contributed by atoms with van der Waals surface area (Å²) in [6.07, 6.45) is 9.08. The Kier molecular flexibility index (Phi) is 3.28. The van der Waals surface area contributed by atoms with Crippen molar-refractivity contribution in [1.82, 2.24) is 0 Å². The summed E-state index contributed by atoms with van der Waals surface area (Å²) in [6, 6.07) is 10.2. The van der Waals surface area contributed by atoms with Gasteiger partial charge >= 0.3 is 0 Å². The van der Waals surface area contributed by atoms with E-state index in [0.717, 1.165) is 12.8 Å². The normalized spacial score (nSPS) is 9.00. The van der Waals surface area contributed by atoms with Gasteiger partial charge in [0.2, 0.25) is 0 Å². The molecule has 11 heavy (non-hydrogen) atoms. The first kappa shape index (κ1) is 7.88. The third kappa shape index (κ3) is 2.91. The lowest BCUT2D eigenvalue weighted by Crippen LogP contribution is -1.79. The zero-order valence-corrected chi connectivity index (χ0v) is 6.46. The number of benzene rings is 1. The van der Waals surface area contributed by atoms with Crippen LogP contribution in [0.15, 0.2) is 30.3 Å². The van der Waals surface area contributed by atoms with Crippen LogP contribution in [0.3, 0.4) is 0 Å². The molecule has 0 heterocycles. The van der Waals surface area contributed by atoms with Crippen molar-refractivity contribution in [3.05, 3.63) is 42.3 Å². The van der Waals surface area contributed by atoms with Crippen molar-refractivity contribution in [3.8, 4) is 12.3 Å². The molecule has 0 nitrogen and oxygen atoms in total. The van der Waals surface area contributed by atoms with Crippen molar-refractivity contribution in [1.29, 1.82) is 0 Å². The predicted molar refractivity (Wildman–Crippen MR) is 47.9 cm³/mol. The van der Waals surface area contributed by atoms with Gasteiger partial charge in [-0.1, -0.05) is 30.3 Å². The highest BCUT2D eigenvalue weighted by Crippen LogP contribution is 2.05. The first-order valence-corrected chi connectivity index (χ1v) is 3.75. The van der Waals surface area contributed by atoms with E-state index in [1.54, 1.807) is 0 Å². The van der Waals surface area contributed by atoms with Gasteiger partial charge in [0.1, 0.15) is 0 Å². The molecule has 1 radical (unpaired) electrons. The summed E-state index contributed by atoms with van der Waals surface area (Å²) in [4.78, 5) is 0. The lowest BCUT2D eigenvalue weighted by atomic mass is 10.1. The topological polar surface area (TPSA) is 0 Å². The smallest absolute Gasteiger partial charge is 0.00920 e. The first-order chi connectivity index (χ1) is 5.43. The van der Waals surface area contributed by atoms with Crippen molar-refractivity contribution in [2.45, 2.75) is 12.8 Å². The minimum absolute atomic E-state index is 0.828. The average Bonchev–Trinajstić information content (AvgIpc) is 2.07. The molecule has 55 valence electrons. The molecule has 0 aliphatic rings. The molecule has 0 spiro atoms. The van der Waals surface area contributed by atoms with Gasteiger partial charge < -0.3 is 0 Å². The van der Waals surface area contributed by atoms with Crippen molar-refractivity contribution >= 4 is 0 Å². The van der Waals surface area contributed by atoms with E-state index in [4.69, 9.17) is 6.42 Å². The third-order valence-corrected chi connectivity index (χ3v) is 1.47. The summed E-state index contributed by atoms with van der Waals surface area (Å²) in [5.41, 5.74) is 1.25. The van der Waals surface area contributed by atoms with Crippen LogP contribution in [0.25, 0.3) is 0 Å². The van der Waals surface area contributed by atoms with Gasteiger partial charge in [-0.15, -0.1) is 12.3 Å². The Balaban J connectivity index is 2.35. The number of terminal acetylenes is 1. The molecule has 0 saturated heterocycles. The van der Waals surface area contributed by atoms with Crippen LogP contribution in [0.1, 0.15) is 18.4 Å². The highest BCUT2D eigenvalue weighted by molar-refractivity contribution is 5.22. The molecule has 0 unspecified atom stereocenters. The minimum atomic E-state index is 0.828. The van der Waals surface area contributed by atoms with Gasteiger partial charge in [-0.25, -0.2) is 0 Å². The maximum Gasteiger partial charge on any atom is 0.00920 e. The molecule has 0 amide bonds. The minimum Gasteiger partial charge on any atom is -0.120 e. The van der Waals surface area contributed by atoms with Gasteiger partial charge in [0.15, 0.2) is 0 Å². The van der Waals surface area contributed by atoms with E-state index in [1.807, 2.05) is 18.2 Å². The van der Waals surface area contributed by atoms with E-state index in [2.05, 4.69) is 24.5 Å². The highest BCUT2D eigenvalue weighted by Gasteiger charge is 1.89. The molecule has 1 aromatic rings. The number of hydrogen-bond donors (Lipinski definition) is 0. The Hall–Kier alpha value is -1.22. The number of unbranched alkanes of at least 4 members (excludes halogenated alkanes) is 1. The number of hydrogen-bond acceptors (Lipinski definition) is 0. The molecular formula is C11H11. The second-order valence-electron chi connectivity index (χ2n) is 2.36. The van der Waals surface area contributed by atoms with Crippen LogP contribution < -0.4 is 0 Å². The van der Waals surface area contributed by atoms with Crippen molar-refractivity contribution in [3.63, 3.8) is 0 Å². The van der Waals surface area contributed by atoms with Crippen LogP contribution >= 0.6 is 0 Å². The van der Waals surface area contributed by atoms with Gasteiger partial charge in [-0.3, -0.25) is 0 Å². The Labute approximate surface area is 68.3 Å². The Morgan fingerprint density at radius 1 is 1.27 bits per heavy atom. The summed E-state index contributed by atoms with van der Waals surface area (Å²) in [6.45, 7) is 0. The van der Waals surface area contributed by atoms with Gasteiger partial charge in [0.05, 0.1) is 0 Å². The summed E-state index contributed by atoms with van der Waals surface area (Å²) in [5.74, 6) is 2.61. The Morgan fingerprint density at radius 3 is 2.64 bits per heavy atom. The van der Waals surface area contributed by atoms with E-state index in [9.17, 15) is 0 Å². The molecular weight excluding hydrogens is 132 g/mol. The van der Waals surface area contributed by atoms with E-state index in [0.29, 0.717) is 0 Å². The lowest BCUT2D eigenvalue weighted by molar-refractivity contribution is 1.02. The molecule has 0 fully saturated rings. The van der Waals surface area contributed by atoms with E-state index in [-0.39, 0.29) is 0 Å². The predicted octanol–water partition coefficient (Wildman–Crippen LogP) is 2.65. The third-order valence-electron chi connectivity index (χ3n) is 1.47. The van der Waals surface area contributed by atoms with Gasteiger partial charge in [-0.2, -0.15) is 0 Å². The fourth-order valence-electron chi connectivity index (χ4n) is 0.911. The van der Waals surface area contributed by atoms with Crippen molar-refractivity contribution in [2.24, 2.45) is 0 Å². The van der Waals surface area contributed by atoms with Gasteiger partial charge in [-0.05, 0) is 18.4 Å². The van der Waals surface area contributed by atoms with E-state index in [1.165, 1.54) is 5.56 Å². The fraction of sp³-hybridized carbons (Fsp3) is 0.182. The van der Waals surface area contributed by atoms with E-state index < -0.39 is 0 Å². The quantitative estimate of drug-likeness (QED) is 0.450. The molecule has 0 heteroatoms. The molecule has 1 aromatic carbocycles. The molecule has 0 atom stereocenters. The molecule has 0 N–H and O–H groups in total. The Morgan fingerprint density at radius 2 is 2.00 bits per heavy atom. The first-order valence-electron chi connectivity index (χ1n) is 3.75. The summed E-state index contributed by atoms with van der Waals surface area (Å²) >= 11 is 0. The van der Waals surface area contributed by atoms with Gasteiger partial charge in [0, 0.05) is 6.42 Å². The highest BCUT2D eigenvalue weighted by atomic mass is 13.9.